The number of para-hydroxylation sites is 1. The SMILES string of the molecule is COC(=O)[C@@H]1C=CCON2CCc3c(n(S(=O)(=O)c4ccccc4)c4ccccc34)C12. The van der Waals surface area contributed by atoms with Crippen molar-refractivity contribution < 1.29 is 22.8 Å². The fourth-order valence-electron chi connectivity index (χ4n) is 4.60. The minimum Gasteiger partial charge on any atom is -0.469 e. The topological polar surface area (TPSA) is 77.8 Å². The Morgan fingerprint density at radius 1 is 1.10 bits per heavy atom. The summed E-state index contributed by atoms with van der Waals surface area (Å²) in [5.41, 5.74) is 2.07. The van der Waals surface area contributed by atoms with Gasteiger partial charge in [-0.3, -0.25) is 9.63 Å². The number of nitrogens with zero attached hydrogens (tertiary/aromatic N) is 2. The Morgan fingerprint density at radius 3 is 2.61 bits per heavy atom. The molecule has 8 heteroatoms. The van der Waals surface area contributed by atoms with Crippen molar-refractivity contribution in [3.63, 3.8) is 0 Å². The summed E-state index contributed by atoms with van der Waals surface area (Å²) in [6.07, 6.45) is 4.14. The number of hydrogen-bond acceptors (Lipinski definition) is 6. The summed E-state index contributed by atoms with van der Waals surface area (Å²) in [6.45, 7) is 0.858. The summed E-state index contributed by atoms with van der Waals surface area (Å²) < 4.78 is 34.2. The molecule has 0 radical (unpaired) electrons. The zero-order valence-corrected chi connectivity index (χ0v) is 17.8. The predicted octanol–water partition coefficient (Wildman–Crippen LogP) is 3.07. The maximum atomic E-state index is 13.9. The first kappa shape index (κ1) is 20.0. The average Bonchev–Trinajstić information content (AvgIpc) is 2.99. The minimum absolute atomic E-state index is 0.190. The van der Waals surface area contributed by atoms with Crippen molar-refractivity contribution in [1.29, 1.82) is 0 Å². The Labute approximate surface area is 180 Å². The quantitative estimate of drug-likeness (QED) is 0.462. The monoisotopic (exact) mass is 438 g/mol. The molecule has 1 aromatic heterocycles. The Morgan fingerprint density at radius 2 is 1.84 bits per heavy atom. The lowest BCUT2D eigenvalue weighted by atomic mass is 9.89. The van der Waals surface area contributed by atoms with Crippen LogP contribution in [0.25, 0.3) is 10.9 Å². The Bertz CT molecular complexity index is 1280. The predicted molar refractivity (Wildman–Crippen MR) is 115 cm³/mol. The number of esters is 1. The van der Waals surface area contributed by atoms with Gasteiger partial charge in [-0.2, -0.15) is 5.06 Å². The third kappa shape index (κ3) is 3.10. The van der Waals surface area contributed by atoms with E-state index in [1.54, 1.807) is 53.6 Å². The van der Waals surface area contributed by atoms with Crippen molar-refractivity contribution in [3.8, 4) is 0 Å². The third-order valence-corrected chi connectivity index (χ3v) is 7.67. The highest BCUT2D eigenvalue weighted by Crippen LogP contribution is 2.44. The van der Waals surface area contributed by atoms with Crippen molar-refractivity contribution in [2.24, 2.45) is 5.92 Å². The van der Waals surface area contributed by atoms with E-state index in [0.717, 1.165) is 10.9 Å². The van der Waals surface area contributed by atoms with E-state index in [9.17, 15) is 13.2 Å². The third-order valence-electron chi connectivity index (χ3n) is 5.92. The van der Waals surface area contributed by atoms with E-state index in [4.69, 9.17) is 9.57 Å². The molecule has 5 rings (SSSR count). The number of carbonyl (C=O) groups is 1. The van der Waals surface area contributed by atoms with E-state index in [1.807, 2.05) is 18.2 Å². The first-order valence-electron chi connectivity index (χ1n) is 10.1. The van der Waals surface area contributed by atoms with Gasteiger partial charge >= 0.3 is 5.97 Å². The molecule has 7 nitrogen and oxygen atoms in total. The van der Waals surface area contributed by atoms with Gasteiger partial charge in [-0.1, -0.05) is 48.6 Å². The number of fused-ring (bicyclic) bond motifs is 5. The van der Waals surface area contributed by atoms with Gasteiger partial charge in [-0.25, -0.2) is 12.4 Å². The molecule has 0 bridgehead atoms. The van der Waals surface area contributed by atoms with Gasteiger partial charge in [-0.05, 0) is 30.2 Å². The molecule has 2 atom stereocenters. The average molecular weight is 439 g/mol. The lowest BCUT2D eigenvalue weighted by Crippen LogP contribution is -2.42. The summed E-state index contributed by atoms with van der Waals surface area (Å²) in [7, 11) is -2.58. The maximum absolute atomic E-state index is 13.9. The minimum atomic E-state index is -3.92. The van der Waals surface area contributed by atoms with Gasteiger partial charge in [0, 0.05) is 11.9 Å². The van der Waals surface area contributed by atoms with Gasteiger partial charge in [0.2, 0.25) is 0 Å². The summed E-state index contributed by atoms with van der Waals surface area (Å²) in [6, 6.07) is 15.2. The largest absolute Gasteiger partial charge is 0.469 e. The Balaban J connectivity index is 1.84. The second-order valence-corrected chi connectivity index (χ2v) is 9.36. The maximum Gasteiger partial charge on any atom is 0.314 e. The molecule has 0 saturated heterocycles. The molecule has 0 N–H and O–H groups in total. The van der Waals surface area contributed by atoms with Crippen LogP contribution in [0.2, 0.25) is 0 Å². The molecule has 2 aliphatic heterocycles. The summed E-state index contributed by atoms with van der Waals surface area (Å²) in [5, 5.41) is 2.59. The van der Waals surface area contributed by atoms with E-state index < -0.39 is 28.0 Å². The molecule has 160 valence electrons. The van der Waals surface area contributed by atoms with Crippen molar-refractivity contribution in [3.05, 3.63) is 78.0 Å². The number of methoxy groups -OCH3 is 1. The highest BCUT2D eigenvalue weighted by atomic mass is 32.2. The van der Waals surface area contributed by atoms with Gasteiger partial charge in [-0.15, -0.1) is 0 Å². The number of ether oxygens (including phenoxy) is 1. The van der Waals surface area contributed by atoms with E-state index in [1.165, 1.54) is 11.1 Å². The van der Waals surface area contributed by atoms with Crippen LogP contribution in [0.1, 0.15) is 17.3 Å². The molecule has 2 aliphatic rings. The molecule has 31 heavy (non-hydrogen) atoms. The van der Waals surface area contributed by atoms with E-state index >= 15 is 0 Å². The smallest absolute Gasteiger partial charge is 0.314 e. The van der Waals surface area contributed by atoms with Crippen LogP contribution >= 0.6 is 0 Å². The standard InChI is InChI=1S/C23H22N2O5S/c1-29-23(26)19-11-7-15-30-24-14-13-18-17-10-5-6-12-20(17)25(22(18)21(19)24)31(27,28)16-8-3-2-4-9-16/h2-12,19,21H,13-15H2,1H3/t19-,21?/m1/s1. The van der Waals surface area contributed by atoms with Crippen LogP contribution in [-0.2, 0) is 30.8 Å². The van der Waals surface area contributed by atoms with Crippen molar-refractivity contribution in [2.45, 2.75) is 17.4 Å². The number of rotatable bonds is 3. The summed E-state index contributed by atoms with van der Waals surface area (Å²) in [5.74, 6) is -1.13. The highest BCUT2D eigenvalue weighted by Gasteiger charge is 2.44. The van der Waals surface area contributed by atoms with Gasteiger partial charge < -0.3 is 4.74 Å². The fraction of sp³-hybridized carbons (Fsp3) is 0.261. The van der Waals surface area contributed by atoms with Crippen LogP contribution in [0.15, 0.2) is 71.6 Å². The lowest BCUT2D eigenvalue weighted by Gasteiger charge is -2.37. The molecule has 3 aromatic rings. The molecule has 0 spiro atoms. The molecule has 1 unspecified atom stereocenters. The molecule has 3 heterocycles. The number of benzene rings is 2. The zero-order chi connectivity index (χ0) is 21.6. The summed E-state index contributed by atoms with van der Waals surface area (Å²) >= 11 is 0. The number of hydrogen-bond donors (Lipinski definition) is 0. The van der Waals surface area contributed by atoms with E-state index in [2.05, 4.69) is 0 Å². The van der Waals surface area contributed by atoms with Crippen LogP contribution in [0.4, 0.5) is 0 Å². The van der Waals surface area contributed by atoms with E-state index in [-0.39, 0.29) is 4.90 Å². The second-order valence-electron chi connectivity index (χ2n) is 7.57. The van der Waals surface area contributed by atoms with Crippen molar-refractivity contribution in [1.82, 2.24) is 9.04 Å². The molecule has 2 aromatic carbocycles. The first-order chi connectivity index (χ1) is 15.0. The number of hydroxylamine groups is 2. The first-order valence-corrected chi connectivity index (χ1v) is 11.5. The number of aromatic nitrogens is 1. The molecule has 0 fully saturated rings. The van der Waals surface area contributed by atoms with Crippen LogP contribution < -0.4 is 0 Å². The van der Waals surface area contributed by atoms with Gasteiger partial charge in [0.1, 0.15) is 0 Å². The van der Waals surface area contributed by atoms with Gasteiger partial charge in [0.05, 0.1) is 41.8 Å². The van der Waals surface area contributed by atoms with Crippen LogP contribution in [-0.4, -0.2) is 43.7 Å². The van der Waals surface area contributed by atoms with Crippen LogP contribution in [0, 0.1) is 5.92 Å². The molecular formula is C23H22N2O5S. The zero-order valence-electron chi connectivity index (χ0n) is 17.0. The molecular weight excluding hydrogens is 416 g/mol. The summed E-state index contributed by atoms with van der Waals surface area (Å²) in [4.78, 5) is 18.8. The molecule has 0 saturated carbocycles. The van der Waals surface area contributed by atoms with Gasteiger partial charge in [0.15, 0.2) is 0 Å². The Kier molecular flexibility index (Phi) is 4.92. The molecule has 0 aliphatic carbocycles. The van der Waals surface area contributed by atoms with Gasteiger partial charge in [0.25, 0.3) is 10.0 Å². The lowest BCUT2D eigenvalue weighted by molar-refractivity contribution is -0.194. The van der Waals surface area contributed by atoms with Crippen LogP contribution in [0.3, 0.4) is 0 Å². The van der Waals surface area contributed by atoms with Crippen molar-refractivity contribution in [2.75, 3.05) is 20.3 Å². The number of carbonyl (C=O) groups excluding carboxylic acids is 1. The second kappa shape index (κ2) is 7.64. The van der Waals surface area contributed by atoms with Crippen LogP contribution in [0.5, 0.6) is 0 Å². The highest BCUT2D eigenvalue weighted by molar-refractivity contribution is 7.90. The normalized spacial score (nSPS) is 21.3. The molecule has 0 amide bonds. The van der Waals surface area contributed by atoms with Crippen molar-refractivity contribution >= 4 is 26.9 Å². The fourth-order valence-corrected chi connectivity index (χ4v) is 6.20. The van der Waals surface area contributed by atoms with E-state index in [0.29, 0.717) is 30.8 Å². The Hall–Kier alpha value is -2.94.